The maximum atomic E-state index is 13.1. The number of benzene rings is 2. The van der Waals surface area contributed by atoms with Gasteiger partial charge in [0.25, 0.3) is 5.89 Å². The minimum Gasteiger partial charge on any atom is -0.334 e. The number of hydrogen-bond acceptors (Lipinski definition) is 4. The van der Waals surface area contributed by atoms with E-state index in [9.17, 15) is 9.18 Å². The highest BCUT2D eigenvalue weighted by atomic mass is 35.5. The van der Waals surface area contributed by atoms with Crippen LogP contribution in [-0.2, 0) is 11.3 Å². The Morgan fingerprint density at radius 1 is 1.21 bits per heavy atom. The zero-order chi connectivity index (χ0) is 20.4. The van der Waals surface area contributed by atoms with Crippen molar-refractivity contribution in [1.82, 2.24) is 14.7 Å². The van der Waals surface area contributed by atoms with Gasteiger partial charge in [0.15, 0.2) is 0 Å². The number of aromatic nitrogens is 3. The lowest BCUT2D eigenvalue weighted by Crippen LogP contribution is -2.19. The Morgan fingerprint density at radius 3 is 2.79 bits per heavy atom. The molecule has 4 aromatic rings. The molecule has 0 atom stereocenters. The Bertz CT molecular complexity index is 1170. The summed E-state index contributed by atoms with van der Waals surface area (Å²) in [7, 11) is 0. The number of carbonyl (C=O) groups is 1. The first kappa shape index (κ1) is 18.9. The Kier molecular flexibility index (Phi) is 5.14. The number of nitrogens with one attached hydrogen (secondary N) is 1. The third kappa shape index (κ3) is 4.20. The van der Waals surface area contributed by atoms with Crippen LogP contribution in [0.4, 0.5) is 10.1 Å². The predicted molar refractivity (Wildman–Crippen MR) is 108 cm³/mol. The SMILES string of the molecule is Cc1ccc(Cl)cc1NC(=O)Cn1cccc1-c1nc(-c2ccc(F)cc2)no1. The first-order valence-corrected chi connectivity index (χ1v) is 9.18. The van der Waals surface area contributed by atoms with Gasteiger partial charge in [0.2, 0.25) is 11.7 Å². The van der Waals surface area contributed by atoms with Gasteiger partial charge < -0.3 is 14.4 Å². The summed E-state index contributed by atoms with van der Waals surface area (Å²) in [4.78, 5) is 16.9. The van der Waals surface area contributed by atoms with Crippen molar-refractivity contribution in [2.45, 2.75) is 13.5 Å². The van der Waals surface area contributed by atoms with Crippen LogP contribution in [0, 0.1) is 12.7 Å². The molecule has 1 amide bonds. The van der Waals surface area contributed by atoms with Crippen molar-refractivity contribution in [1.29, 1.82) is 0 Å². The van der Waals surface area contributed by atoms with Crippen LogP contribution in [0.25, 0.3) is 23.0 Å². The van der Waals surface area contributed by atoms with E-state index in [1.807, 2.05) is 13.0 Å². The third-order valence-corrected chi connectivity index (χ3v) is 4.60. The average Bonchev–Trinajstić information content (AvgIpc) is 3.34. The molecule has 2 aromatic heterocycles. The smallest absolute Gasteiger partial charge is 0.274 e. The number of carbonyl (C=O) groups excluding carboxylic acids is 1. The van der Waals surface area contributed by atoms with Crippen molar-refractivity contribution in [3.63, 3.8) is 0 Å². The number of hydrogen-bond donors (Lipinski definition) is 1. The molecule has 0 spiro atoms. The summed E-state index contributed by atoms with van der Waals surface area (Å²) in [5.41, 5.74) is 2.81. The van der Waals surface area contributed by atoms with Crippen molar-refractivity contribution < 1.29 is 13.7 Å². The molecule has 0 bridgehead atoms. The van der Waals surface area contributed by atoms with E-state index in [-0.39, 0.29) is 24.2 Å². The zero-order valence-electron chi connectivity index (χ0n) is 15.4. The van der Waals surface area contributed by atoms with Crippen LogP contribution in [0.3, 0.4) is 0 Å². The van der Waals surface area contributed by atoms with Gasteiger partial charge in [-0.25, -0.2) is 4.39 Å². The molecule has 2 aromatic carbocycles. The molecule has 0 unspecified atom stereocenters. The summed E-state index contributed by atoms with van der Waals surface area (Å²) < 4.78 is 20.1. The van der Waals surface area contributed by atoms with Crippen molar-refractivity contribution in [2.75, 3.05) is 5.32 Å². The number of anilines is 1. The van der Waals surface area contributed by atoms with Gasteiger partial charge in [-0.2, -0.15) is 4.98 Å². The summed E-state index contributed by atoms with van der Waals surface area (Å²) in [5, 5.41) is 7.35. The summed E-state index contributed by atoms with van der Waals surface area (Å²) in [6.45, 7) is 1.95. The standard InChI is InChI=1S/C21H16ClFN4O2/c1-13-4-7-15(22)11-17(13)24-19(28)12-27-10-2-3-18(27)21-25-20(26-29-21)14-5-8-16(23)9-6-14/h2-11H,12H2,1H3,(H,24,28). The quantitative estimate of drug-likeness (QED) is 0.505. The maximum Gasteiger partial charge on any atom is 0.274 e. The molecule has 0 aliphatic rings. The summed E-state index contributed by atoms with van der Waals surface area (Å²) in [5.74, 6) is 0.0474. The molecule has 4 rings (SSSR count). The highest BCUT2D eigenvalue weighted by Crippen LogP contribution is 2.24. The Hall–Kier alpha value is -3.45. The lowest BCUT2D eigenvalue weighted by molar-refractivity contribution is -0.116. The van der Waals surface area contributed by atoms with Gasteiger partial charge in [0.05, 0.1) is 0 Å². The number of amides is 1. The van der Waals surface area contributed by atoms with E-state index in [0.29, 0.717) is 27.8 Å². The van der Waals surface area contributed by atoms with Crippen LogP contribution in [0.5, 0.6) is 0 Å². The number of halogens is 2. The fraction of sp³-hybridized carbons (Fsp3) is 0.0952. The molecule has 29 heavy (non-hydrogen) atoms. The Balaban J connectivity index is 1.52. The molecule has 2 heterocycles. The fourth-order valence-corrected chi connectivity index (χ4v) is 3.04. The Morgan fingerprint density at radius 2 is 2.00 bits per heavy atom. The molecule has 0 saturated carbocycles. The third-order valence-electron chi connectivity index (χ3n) is 4.36. The molecule has 8 heteroatoms. The average molecular weight is 411 g/mol. The number of nitrogens with zero attached hydrogens (tertiary/aromatic N) is 3. The van der Waals surface area contributed by atoms with Gasteiger partial charge in [-0.3, -0.25) is 4.79 Å². The molecular formula is C21H16ClFN4O2. The molecule has 6 nitrogen and oxygen atoms in total. The second-order valence-corrected chi connectivity index (χ2v) is 6.90. The van der Waals surface area contributed by atoms with Crippen LogP contribution in [0.15, 0.2) is 65.3 Å². The van der Waals surface area contributed by atoms with E-state index in [2.05, 4.69) is 15.5 Å². The van der Waals surface area contributed by atoms with E-state index in [1.54, 1.807) is 47.2 Å². The number of rotatable bonds is 5. The first-order valence-electron chi connectivity index (χ1n) is 8.81. The van der Waals surface area contributed by atoms with Gasteiger partial charge in [-0.15, -0.1) is 0 Å². The van der Waals surface area contributed by atoms with Crippen LogP contribution in [0.1, 0.15) is 5.56 Å². The monoisotopic (exact) mass is 410 g/mol. The van der Waals surface area contributed by atoms with Crippen molar-refractivity contribution in [3.8, 4) is 23.0 Å². The van der Waals surface area contributed by atoms with Crippen molar-refractivity contribution in [2.24, 2.45) is 0 Å². The molecule has 1 N–H and O–H groups in total. The van der Waals surface area contributed by atoms with Crippen LogP contribution < -0.4 is 5.32 Å². The minimum atomic E-state index is -0.340. The maximum absolute atomic E-state index is 13.1. The largest absolute Gasteiger partial charge is 0.334 e. The van der Waals surface area contributed by atoms with Gasteiger partial charge >= 0.3 is 0 Å². The van der Waals surface area contributed by atoms with E-state index < -0.39 is 0 Å². The van der Waals surface area contributed by atoms with E-state index in [4.69, 9.17) is 16.1 Å². The fourth-order valence-electron chi connectivity index (χ4n) is 2.86. The predicted octanol–water partition coefficient (Wildman–Crippen LogP) is 4.94. The normalized spacial score (nSPS) is 10.9. The molecule has 0 radical (unpaired) electrons. The van der Waals surface area contributed by atoms with E-state index in [0.717, 1.165) is 5.56 Å². The summed E-state index contributed by atoms with van der Waals surface area (Å²) in [6, 6.07) is 14.7. The van der Waals surface area contributed by atoms with E-state index >= 15 is 0 Å². The highest BCUT2D eigenvalue weighted by Gasteiger charge is 2.16. The van der Waals surface area contributed by atoms with Crippen LogP contribution >= 0.6 is 11.6 Å². The first-order chi connectivity index (χ1) is 14.0. The molecule has 0 aliphatic heterocycles. The summed E-state index contributed by atoms with van der Waals surface area (Å²) in [6.07, 6.45) is 1.75. The lowest BCUT2D eigenvalue weighted by Gasteiger charge is -2.10. The van der Waals surface area contributed by atoms with Crippen molar-refractivity contribution >= 4 is 23.2 Å². The highest BCUT2D eigenvalue weighted by molar-refractivity contribution is 6.31. The van der Waals surface area contributed by atoms with Gasteiger partial charge in [0, 0.05) is 22.5 Å². The minimum absolute atomic E-state index is 0.0581. The lowest BCUT2D eigenvalue weighted by atomic mass is 10.2. The Labute approximate surface area is 170 Å². The second-order valence-electron chi connectivity index (χ2n) is 6.46. The molecular weight excluding hydrogens is 395 g/mol. The second kappa shape index (κ2) is 7.89. The van der Waals surface area contributed by atoms with E-state index in [1.165, 1.54) is 12.1 Å². The van der Waals surface area contributed by atoms with Crippen LogP contribution in [-0.4, -0.2) is 20.6 Å². The molecule has 0 aliphatic carbocycles. The summed E-state index contributed by atoms with van der Waals surface area (Å²) >= 11 is 6.00. The zero-order valence-corrected chi connectivity index (χ0v) is 16.2. The van der Waals surface area contributed by atoms with Crippen molar-refractivity contribution in [3.05, 3.63) is 77.2 Å². The topological polar surface area (TPSA) is 73.0 Å². The molecule has 146 valence electrons. The van der Waals surface area contributed by atoms with Gasteiger partial charge in [-0.05, 0) is 61.0 Å². The van der Waals surface area contributed by atoms with Gasteiger partial charge in [0.1, 0.15) is 18.1 Å². The van der Waals surface area contributed by atoms with Gasteiger partial charge in [-0.1, -0.05) is 22.8 Å². The van der Waals surface area contributed by atoms with Crippen LogP contribution in [0.2, 0.25) is 5.02 Å². The number of aryl methyl sites for hydroxylation is 1. The molecule has 0 fully saturated rings. The molecule has 0 saturated heterocycles.